The molecule has 0 saturated carbocycles. The monoisotopic (exact) mass is 525 g/mol. The Labute approximate surface area is 211 Å². The summed E-state index contributed by atoms with van der Waals surface area (Å²) in [7, 11) is -3.01. The lowest BCUT2D eigenvalue weighted by Gasteiger charge is -2.12. The number of halogens is 1. The number of phenols is 1. The topological polar surface area (TPSA) is 138 Å². The largest absolute Gasteiger partial charge is 0.505 e. The molecule has 9 nitrogen and oxygen atoms in total. The van der Waals surface area contributed by atoms with Crippen molar-refractivity contribution in [3.63, 3.8) is 0 Å². The van der Waals surface area contributed by atoms with E-state index in [0.717, 1.165) is 0 Å². The summed E-state index contributed by atoms with van der Waals surface area (Å²) in [6.07, 6.45) is 0. The van der Waals surface area contributed by atoms with Crippen LogP contribution in [0.1, 0.15) is 15.9 Å². The fourth-order valence-electron chi connectivity index (χ4n) is 3.70. The van der Waals surface area contributed by atoms with Gasteiger partial charge in [-0.3, -0.25) is 9.35 Å². The third kappa shape index (κ3) is 5.15. The summed E-state index contributed by atoms with van der Waals surface area (Å²) in [5.41, 5.74) is 0.830. The van der Waals surface area contributed by atoms with Gasteiger partial charge in [0.1, 0.15) is 16.3 Å². The van der Waals surface area contributed by atoms with Gasteiger partial charge in [0.05, 0.1) is 23.4 Å². The molecule has 3 N–H and O–H groups in total. The van der Waals surface area contributed by atoms with Crippen LogP contribution in [-0.2, 0) is 10.1 Å². The van der Waals surface area contributed by atoms with Gasteiger partial charge in [0.25, 0.3) is 16.0 Å². The molecule has 0 heterocycles. The Morgan fingerprint density at radius 3 is 2.47 bits per heavy atom. The molecule has 36 heavy (non-hydrogen) atoms. The minimum Gasteiger partial charge on any atom is -0.505 e. The molecular weight excluding hydrogens is 506 g/mol. The standard InChI is InChI=1S/C25H20ClN3O6S/c1-14-10-17(13-21(26)24(14)36(32,33)34)28-29-22-19-9-4-3-6-15(19)11-20(23(22)30)25(31)27-16-7-5-8-18(12-16)35-2/h3-13,30H,1-2H3,(H,27,31)(H,32,33,34). The number of fused-ring (bicyclic) bond motifs is 1. The summed E-state index contributed by atoms with van der Waals surface area (Å²) in [6.45, 7) is 1.45. The van der Waals surface area contributed by atoms with E-state index in [1.807, 2.05) is 0 Å². The fraction of sp³-hybridized carbons (Fsp3) is 0.0800. The lowest BCUT2D eigenvalue weighted by Crippen LogP contribution is -2.12. The number of carbonyl (C=O) groups is 1. The van der Waals surface area contributed by atoms with E-state index in [4.69, 9.17) is 16.3 Å². The van der Waals surface area contributed by atoms with Crippen LogP contribution in [-0.4, -0.2) is 31.1 Å². The molecule has 1 amide bonds. The van der Waals surface area contributed by atoms with Crippen LogP contribution in [0, 0.1) is 6.92 Å². The Kier molecular flexibility index (Phi) is 6.93. The summed E-state index contributed by atoms with van der Waals surface area (Å²) >= 11 is 6.04. The first-order chi connectivity index (χ1) is 17.1. The smallest absolute Gasteiger partial charge is 0.296 e. The van der Waals surface area contributed by atoms with Gasteiger partial charge in [-0.15, -0.1) is 5.11 Å². The molecule has 0 fully saturated rings. The van der Waals surface area contributed by atoms with Crippen molar-refractivity contribution in [2.24, 2.45) is 10.2 Å². The fourth-order valence-corrected chi connectivity index (χ4v) is 5.02. The van der Waals surface area contributed by atoms with E-state index in [9.17, 15) is 22.9 Å². The van der Waals surface area contributed by atoms with E-state index in [0.29, 0.717) is 22.2 Å². The van der Waals surface area contributed by atoms with Gasteiger partial charge < -0.3 is 15.2 Å². The molecule has 0 aliphatic carbocycles. The van der Waals surface area contributed by atoms with Crippen molar-refractivity contribution in [3.8, 4) is 11.5 Å². The summed E-state index contributed by atoms with van der Waals surface area (Å²) in [4.78, 5) is 12.6. The van der Waals surface area contributed by atoms with Crippen LogP contribution < -0.4 is 10.1 Å². The predicted octanol–water partition coefficient (Wildman–Crippen LogP) is 6.43. The molecule has 0 unspecified atom stereocenters. The van der Waals surface area contributed by atoms with Crippen LogP contribution in [0.15, 0.2) is 81.9 Å². The molecule has 0 spiro atoms. The first-order valence-electron chi connectivity index (χ1n) is 10.5. The molecule has 4 aromatic carbocycles. The molecule has 4 aromatic rings. The van der Waals surface area contributed by atoms with Crippen LogP contribution in [0.3, 0.4) is 0 Å². The van der Waals surface area contributed by atoms with Gasteiger partial charge in [0.2, 0.25) is 0 Å². The van der Waals surface area contributed by atoms with Crippen LogP contribution in [0.25, 0.3) is 10.8 Å². The van der Waals surface area contributed by atoms with Gasteiger partial charge in [-0.2, -0.15) is 13.5 Å². The van der Waals surface area contributed by atoms with Crippen LogP contribution in [0.5, 0.6) is 11.5 Å². The molecule has 0 aliphatic rings. The van der Waals surface area contributed by atoms with Gasteiger partial charge >= 0.3 is 0 Å². The lowest BCUT2D eigenvalue weighted by molar-refractivity contribution is 0.102. The molecule has 184 valence electrons. The first kappa shape index (κ1) is 25.1. The van der Waals surface area contributed by atoms with Gasteiger partial charge in [0.15, 0.2) is 5.75 Å². The van der Waals surface area contributed by atoms with Crippen LogP contribution in [0.4, 0.5) is 17.1 Å². The number of hydrogen-bond acceptors (Lipinski definition) is 7. The average Bonchev–Trinajstić information content (AvgIpc) is 2.82. The molecule has 11 heteroatoms. The number of ether oxygens (including phenoxy) is 1. The number of rotatable bonds is 6. The lowest BCUT2D eigenvalue weighted by atomic mass is 10.0. The zero-order valence-corrected chi connectivity index (χ0v) is 20.6. The predicted molar refractivity (Wildman–Crippen MR) is 137 cm³/mol. The van der Waals surface area contributed by atoms with Crippen LogP contribution >= 0.6 is 11.6 Å². The van der Waals surface area contributed by atoms with Gasteiger partial charge in [-0.05, 0) is 48.2 Å². The van der Waals surface area contributed by atoms with E-state index >= 15 is 0 Å². The van der Waals surface area contributed by atoms with Crippen molar-refractivity contribution in [1.82, 2.24) is 0 Å². The van der Waals surface area contributed by atoms with Crippen molar-refractivity contribution < 1.29 is 27.6 Å². The highest BCUT2D eigenvalue weighted by Gasteiger charge is 2.20. The number of anilines is 1. The normalized spacial score (nSPS) is 11.7. The Bertz CT molecular complexity index is 1610. The maximum absolute atomic E-state index is 13.0. The number of hydrogen-bond donors (Lipinski definition) is 3. The van der Waals surface area contributed by atoms with E-state index in [-0.39, 0.29) is 27.5 Å². The molecule has 0 atom stereocenters. The molecule has 4 rings (SSSR count). The number of amides is 1. The number of azo groups is 1. The SMILES string of the molecule is COc1cccc(NC(=O)c2cc3ccccc3c(N=Nc3cc(C)c(S(=O)(=O)O)c(Cl)c3)c2O)c1. The number of nitrogens with one attached hydrogen (secondary N) is 1. The Morgan fingerprint density at radius 1 is 1.03 bits per heavy atom. The molecule has 0 aliphatic heterocycles. The second-order valence-corrected chi connectivity index (χ2v) is 9.54. The van der Waals surface area contributed by atoms with Crippen molar-refractivity contribution in [3.05, 3.63) is 82.9 Å². The minimum absolute atomic E-state index is 0.0265. The zero-order chi connectivity index (χ0) is 26.0. The third-order valence-electron chi connectivity index (χ3n) is 5.30. The highest BCUT2D eigenvalue weighted by Crippen LogP contribution is 2.40. The summed E-state index contributed by atoms with van der Waals surface area (Å²) in [6, 6.07) is 17.9. The van der Waals surface area contributed by atoms with E-state index in [1.54, 1.807) is 54.6 Å². The number of aromatic hydroxyl groups is 1. The van der Waals surface area contributed by atoms with Crippen molar-refractivity contribution >= 4 is 55.5 Å². The third-order valence-corrected chi connectivity index (χ3v) is 6.77. The first-order valence-corrected chi connectivity index (χ1v) is 12.3. The Hall–Kier alpha value is -3.99. The average molecular weight is 526 g/mol. The Morgan fingerprint density at radius 2 is 1.78 bits per heavy atom. The van der Waals surface area contributed by atoms with Crippen molar-refractivity contribution in [2.75, 3.05) is 12.4 Å². The summed E-state index contributed by atoms with van der Waals surface area (Å²) in [5.74, 6) is -0.409. The number of aryl methyl sites for hydroxylation is 1. The quantitative estimate of drug-likeness (QED) is 0.196. The molecule has 0 saturated heterocycles. The van der Waals surface area contributed by atoms with Gasteiger partial charge in [0, 0.05) is 17.1 Å². The molecule has 0 bridgehead atoms. The Balaban J connectivity index is 1.77. The molecular formula is C25H20ClN3O6S. The second-order valence-electron chi connectivity index (χ2n) is 7.78. The highest BCUT2D eigenvalue weighted by atomic mass is 35.5. The zero-order valence-electron chi connectivity index (χ0n) is 19.1. The van der Waals surface area contributed by atoms with Gasteiger partial charge in [-0.1, -0.05) is 41.9 Å². The second kappa shape index (κ2) is 9.94. The maximum Gasteiger partial charge on any atom is 0.296 e. The van der Waals surface area contributed by atoms with E-state index in [2.05, 4.69) is 15.5 Å². The number of carbonyl (C=O) groups excluding carboxylic acids is 1. The molecule has 0 aromatic heterocycles. The highest BCUT2D eigenvalue weighted by molar-refractivity contribution is 7.86. The number of methoxy groups -OCH3 is 1. The van der Waals surface area contributed by atoms with Crippen LogP contribution in [0.2, 0.25) is 5.02 Å². The number of nitrogens with zero attached hydrogens (tertiary/aromatic N) is 2. The summed E-state index contributed by atoms with van der Waals surface area (Å²) < 4.78 is 37.7. The number of phenolic OH excluding ortho intramolecular Hbond substituents is 1. The van der Waals surface area contributed by atoms with Crippen molar-refractivity contribution in [1.29, 1.82) is 0 Å². The number of benzene rings is 4. The van der Waals surface area contributed by atoms with Gasteiger partial charge in [-0.25, -0.2) is 0 Å². The minimum atomic E-state index is -4.53. The summed E-state index contributed by atoms with van der Waals surface area (Å²) in [5, 5.41) is 22.9. The van der Waals surface area contributed by atoms with E-state index in [1.165, 1.54) is 26.2 Å². The molecule has 0 radical (unpaired) electrons. The maximum atomic E-state index is 13.0. The van der Waals surface area contributed by atoms with Crippen molar-refractivity contribution in [2.45, 2.75) is 11.8 Å². The van der Waals surface area contributed by atoms with E-state index < -0.39 is 26.7 Å².